The number of aliphatic carboxylic acids is 1. The molecule has 0 saturated heterocycles. The van der Waals surface area contributed by atoms with E-state index in [0.29, 0.717) is 28.6 Å². The number of carboxylic acid groups (broad SMARTS) is 1. The molecule has 3 aromatic carbocycles. The SMILES string of the molecule is O=C(N[C@@H](Cc1cc(F)cc(F)c1)C(=O)O)c1cccc2[nH]c(-c3cc4ccccc4cn3)nc12. The molecule has 7 nitrogen and oxygen atoms in total. The summed E-state index contributed by atoms with van der Waals surface area (Å²) in [5.41, 5.74) is 1.76. The van der Waals surface area contributed by atoms with Gasteiger partial charge in [0.15, 0.2) is 5.82 Å². The van der Waals surface area contributed by atoms with Crippen molar-refractivity contribution in [2.75, 3.05) is 0 Å². The van der Waals surface area contributed by atoms with Gasteiger partial charge in [-0.1, -0.05) is 30.3 Å². The van der Waals surface area contributed by atoms with Crippen LogP contribution in [0.2, 0.25) is 0 Å². The summed E-state index contributed by atoms with van der Waals surface area (Å²) in [4.78, 5) is 36.9. The van der Waals surface area contributed by atoms with Crippen LogP contribution in [0.3, 0.4) is 0 Å². The molecule has 0 spiro atoms. The van der Waals surface area contributed by atoms with Crippen molar-refractivity contribution in [2.45, 2.75) is 12.5 Å². The number of nitrogens with zero attached hydrogens (tertiary/aromatic N) is 2. The van der Waals surface area contributed by atoms with Crippen molar-refractivity contribution in [3.63, 3.8) is 0 Å². The number of carbonyl (C=O) groups is 2. The van der Waals surface area contributed by atoms with Gasteiger partial charge in [-0.15, -0.1) is 0 Å². The Kier molecular flexibility index (Phi) is 5.66. The van der Waals surface area contributed by atoms with Gasteiger partial charge >= 0.3 is 5.97 Å². The molecule has 1 amide bonds. The summed E-state index contributed by atoms with van der Waals surface area (Å²) in [6.07, 6.45) is 1.44. The number of carboxylic acids is 1. The predicted octanol–water partition coefficient (Wildman–Crippen LogP) is 4.48. The number of para-hydroxylation sites is 1. The number of nitrogens with one attached hydrogen (secondary N) is 2. The number of aromatic nitrogens is 3. The second-order valence-electron chi connectivity index (χ2n) is 8.05. The Labute approximate surface area is 197 Å². The van der Waals surface area contributed by atoms with Gasteiger partial charge in [0.2, 0.25) is 0 Å². The zero-order valence-corrected chi connectivity index (χ0v) is 18.1. The van der Waals surface area contributed by atoms with Crippen LogP contribution in [0.5, 0.6) is 0 Å². The standard InChI is InChI=1S/C26H18F2N4O3/c27-17-8-14(9-18(28)12-17)10-22(26(34)35)31-25(33)19-6-3-7-20-23(19)32-24(30-20)21-11-15-4-1-2-5-16(15)13-29-21/h1-9,11-13,22H,10H2,(H,30,32)(H,31,33)(H,34,35)/t22-/m0/s1. The second kappa shape index (κ2) is 8.94. The fraction of sp³-hybridized carbons (Fsp3) is 0.0769. The fourth-order valence-corrected chi connectivity index (χ4v) is 3.95. The smallest absolute Gasteiger partial charge is 0.326 e. The summed E-state index contributed by atoms with van der Waals surface area (Å²) < 4.78 is 27.0. The van der Waals surface area contributed by atoms with Crippen molar-refractivity contribution in [2.24, 2.45) is 0 Å². The van der Waals surface area contributed by atoms with E-state index in [-0.39, 0.29) is 17.5 Å². The number of hydrogen-bond donors (Lipinski definition) is 3. The van der Waals surface area contributed by atoms with E-state index in [2.05, 4.69) is 20.3 Å². The molecular formula is C26H18F2N4O3. The van der Waals surface area contributed by atoms with Crippen molar-refractivity contribution in [1.82, 2.24) is 20.3 Å². The molecule has 0 aliphatic carbocycles. The number of imidazole rings is 1. The maximum absolute atomic E-state index is 13.5. The van der Waals surface area contributed by atoms with E-state index in [1.807, 2.05) is 30.3 Å². The number of benzene rings is 3. The van der Waals surface area contributed by atoms with E-state index < -0.39 is 29.6 Å². The lowest BCUT2D eigenvalue weighted by Gasteiger charge is -2.15. The highest BCUT2D eigenvalue weighted by Gasteiger charge is 2.24. The van der Waals surface area contributed by atoms with Gasteiger partial charge in [0.05, 0.1) is 11.1 Å². The van der Waals surface area contributed by atoms with E-state index >= 15 is 0 Å². The minimum atomic E-state index is -1.40. The molecular weight excluding hydrogens is 454 g/mol. The number of hydrogen-bond acceptors (Lipinski definition) is 4. The topological polar surface area (TPSA) is 108 Å². The second-order valence-corrected chi connectivity index (χ2v) is 8.05. The summed E-state index contributed by atoms with van der Waals surface area (Å²) in [6, 6.07) is 15.9. The van der Waals surface area contributed by atoms with Gasteiger partial charge < -0.3 is 15.4 Å². The maximum Gasteiger partial charge on any atom is 0.326 e. The first-order valence-electron chi connectivity index (χ1n) is 10.7. The van der Waals surface area contributed by atoms with Gasteiger partial charge in [-0.3, -0.25) is 9.78 Å². The van der Waals surface area contributed by atoms with Crippen molar-refractivity contribution in [3.05, 3.63) is 95.7 Å². The molecule has 0 bridgehead atoms. The van der Waals surface area contributed by atoms with Crippen LogP contribution in [0.25, 0.3) is 33.3 Å². The van der Waals surface area contributed by atoms with Gasteiger partial charge in [0.25, 0.3) is 5.91 Å². The van der Waals surface area contributed by atoms with Crippen LogP contribution < -0.4 is 5.32 Å². The number of aromatic amines is 1. The quantitative estimate of drug-likeness (QED) is 0.338. The molecule has 0 aliphatic heterocycles. The summed E-state index contributed by atoms with van der Waals surface area (Å²) >= 11 is 0. The molecule has 3 N–H and O–H groups in total. The molecule has 0 radical (unpaired) electrons. The third kappa shape index (κ3) is 4.56. The summed E-state index contributed by atoms with van der Waals surface area (Å²) in [5, 5.41) is 14.0. The largest absolute Gasteiger partial charge is 0.480 e. The van der Waals surface area contributed by atoms with Crippen LogP contribution >= 0.6 is 0 Å². The van der Waals surface area contributed by atoms with Crippen molar-refractivity contribution < 1.29 is 23.5 Å². The number of fused-ring (bicyclic) bond motifs is 2. The molecule has 0 saturated carbocycles. The monoisotopic (exact) mass is 472 g/mol. The molecule has 9 heteroatoms. The first-order valence-corrected chi connectivity index (χ1v) is 10.7. The molecule has 5 rings (SSSR count). The van der Waals surface area contributed by atoms with Crippen molar-refractivity contribution >= 4 is 33.7 Å². The lowest BCUT2D eigenvalue weighted by molar-refractivity contribution is -0.139. The first-order chi connectivity index (χ1) is 16.9. The Balaban J connectivity index is 1.44. The van der Waals surface area contributed by atoms with Crippen LogP contribution in [-0.2, 0) is 11.2 Å². The van der Waals surface area contributed by atoms with E-state index in [9.17, 15) is 23.5 Å². The average Bonchev–Trinajstić information content (AvgIpc) is 3.27. The summed E-state index contributed by atoms with van der Waals surface area (Å²) in [6.45, 7) is 0. The van der Waals surface area contributed by atoms with Crippen molar-refractivity contribution in [3.8, 4) is 11.5 Å². The van der Waals surface area contributed by atoms with E-state index in [1.165, 1.54) is 6.07 Å². The lowest BCUT2D eigenvalue weighted by atomic mass is 10.0. The van der Waals surface area contributed by atoms with Crippen LogP contribution in [0, 0.1) is 11.6 Å². The third-order valence-corrected chi connectivity index (χ3v) is 5.60. The number of amides is 1. The Morgan fingerprint density at radius 2 is 1.71 bits per heavy atom. The minimum Gasteiger partial charge on any atom is -0.480 e. The maximum atomic E-state index is 13.5. The zero-order valence-electron chi connectivity index (χ0n) is 18.1. The highest BCUT2D eigenvalue weighted by molar-refractivity contribution is 6.06. The molecule has 2 aromatic heterocycles. The van der Waals surface area contributed by atoms with Crippen LogP contribution in [0.15, 0.2) is 72.9 Å². The lowest BCUT2D eigenvalue weighted by Crippen LogP contribution is -2.42. The number of carbonyl (C=O) groups excluding carboxylic acids is 1. The Hall–Kier alpha value is -4.66. The normalized spacial score (nSPS) is 12.1. The highest BCUT2D eigenvalue weighted by atomic mass is 19.1. The van der Waals surface area contributed by atoms with E-state index in [1.54, 1.807) is 18.3 Å². The van der Waals surface area contributed by atoms with Crippen LogP contribution in [-0.4, -0.2) is 38.0 Å². The molecule has 0 aliphatic rings. The first kappa shape index (κ1) is 22.1. The summed E-state index contributed by atoms with van der Waals surface area (Å²) in [5.74, 6) is -3.21. The molecule has 174 valence electrons. The predicted molar refractivity (Wildman–Crippen MR) is 126 cm³/mol. The Bertz CT molecular complexity index is 1580. The highest BCUT2D eigenvalue weighted by Crippen LogP contribution is 2.24. The van der Waals surface area contributed by atoms with E-state index in [4.69, 9.17) is 0 Å². The zero-order chi connectivity index (χ0) is 24.5. The molecule has 5 aromatic rings. The number of H-pyrrole nitrogens is 1. The number of halogens is 2. The number of pyridine rings is 1. The third-order valence-electron chi connectivity index (χ3n) is 5.60. The minimum absolute atomic E-state index is 0.109. The average molecular weight is 472 g/mol. The van der Waals surface area contributed by atoms with E-state index in [0.717, 1.165) is 22.9 Å². The van der Waals surface area contributed by atoms with Gasteiger partial charge in [0, 0.05) is 24.1 Å². The van der Waals surface area contributed by atoms with Gasteiger partial charge in [-0.05, 0) is 41.3 Å². The molecule has 1 atom stereocenters. The van der Waals surface area contributed by atoms with Crippen molar-refractivity contribution in [1.29, 1.82) is 0 Å². The van der Waals surface area contributed by atoms with Crippen LogP contribution in [0.1, 0.15) is 15.9 Å². The fourth-order valence-electron chi connectivity index (χ4n) is 3.95. The molecule has 0 fully saturated rings. The Morgan fingerprint density at radius 3 is 2.46 bits per heavy atom. The summed E-state index contributed by atoms with van der Waals surface area (Å²) in [7, 11) is 0. The van der Waals surface area contributed by atoms with Gasteiger partial charge in [0.1, 0.15) is 28.9 Å². The molecule has 35 heavy (non-hydrogen) atoms. The molecule has 0 unspecified atom stereocenters. The van der Waals surface area contributed by atoms with Crippen LogP contribution in [0.4, 0.5) is 8.78 Å². The Morgan fingerprint density at radius 1 is 0.971 bits per heavy atom. The number of rotatable bonds is 6. The van der Waals surface area contributed by atoms with Gasteiger partial charge in [-0.25, -0.2) is 18.6 Å². The van der Waals surface area contributed by atoms with Gasteiger partial charge in [-0.2, -0.15) is 0 Å². The molecule has 2 heterocycles.